The third-order valence-electron chi connectivity index (χ3n) is 2.04. The van der Waals surface area contributed by atoms with Gasteiger partial charge in [-0.15, -0.1) is 0 Å². The predicted octanol–water partition coefficient (Wildman–Crippen LogP) is 1.41. The predicted molar refractivity (Wildman–Crippen MR) is 63.3 cm³/mol. The zero-order chi connectivity index (χ0) is 12.3. The SMILES string of the molecule is CN(C)S(=O)(=O)CC(=O)c1ccc(Cl)cc1. The van der Waals surface area contributed by atoms with Crippen molar-refractivity contribution in [2.75, 3.05) is 19.8 Å². The Morgan fingerprint density at radius 3 is 2.19 bits per heavy atom. The van der Waals surface area contributed by atoms with Gasteiger partial charge < -0.3 is 0 Å². The molecule has 4 nitrogen and oxygen atoms in total. The Labute approximate surface area is 99.9 Å². The van der Waals surface area contributed by atoms with Gasteiger partial charge in [-0.2, -0.15) is 0 Å². The lowest BCUT2D eigenvalue weighted by Gasteiger charge is -2.10. The van der Waals surface area contributed by atoms with Crippen LogP contribution in [0.2, 0.25) is 5.02 Å². The summed E-state index contributed by atoms with van der Waals surface area (Å²) in [4.78, 5) is 11.6. The molecule has 88 valence electrons. The minimum Gasteiger partial charge on any atom is -0.293 e. The van der Waals surface area contributed by atoms with Gasteiger partial charge >= 0.3 is 0 Å². The molecule has 0 spiro atoms. The van der Waals surface area contributed by atoms with E-state index in [-0.39, 0.29) is 0 Å². The molecule has 0 unspecified atom stereocenters. The Bertz CT molecular complexity index is 479. The van der Waals surface area contributed by atoms with Crippen LogP contribution in [-0.2, 0) is 10.0 Å². The van der Waals surface area contributed by atoms with E-state index in [0.29, 0.717) is 10.6 Å². The first kappa shape index (κ1) is 13.2. The van der Waals surface area contributed by atoms with Crippen LogP contribution in [0, 0.1) is 0 Å². The van der Waals surface area contributed by atoms with E-state index in [9.17, 15) is 13.2 Å². The van der Waals surface area contributed by atoms with Gasteiger partial charge in [-0.05, 0) is 24.3 Å². The summed E-state index contributed by atoms with van der Waals surface area (Å²) in [5, 5.41) is 0.506. The second-order valence-corrected chi connectivity index (χ2v) is 6.09. The van der Waals surface area contributed by atoms with Crippen LogP contribution < -0.4 is 0 Å². The van der Waals surface area contributed by atoms with Crippen molar-refractivity contribution in [1.82, 2.24) is 4.31 Å². The van der Waals surface area contributed by atoms with Crippen LogP contribution in [0.4, 0.5) is 0 Å². The number of halogens is 1. The fraction of sp³-hybridized carbons (Fsp3) is 0.300. The van der Waals surface area contributed by atoms with Crippen molar-refractivity contribution in [3.63, 3.8) is 0 Å². The molecule has 0 saturated heterocycles. The lowest BCUT2D eigenvalue weighted by Crippen LogP contribution is -2.29. The van der Waals surface area contributed by atoms with E-state index < -0.39 is 21.6 Å². The molecule has 0 bridgehead atoms. The smallest absolute Gasteiger partial charge is 0.221 e. The summed E-state index contributed by atoms with van der Waals surface area (Å²) < 4.78 is 23.9. The molecule has 1 aromatic carbocycles. The minimum absolute atomic E-state index is 0.342. The van der Waals surface area contributed by atoms with E-state index in [1.54, 1.807) is 12.1 Å². The number of nitrogens with zero attached hydrogens (tertiary/aromatic N) is 1. The Morgan fingerprint density at radius 2 is 1.75 bits per heavy atom. The Hall–Kier alpha value is -0.910. The van der Waals surface area contributed by atoms with Gasteiger partial charge in [0.2, 0.25) is 10.0 Å². The van der Waals surface area contributed by atoms with Crippen molar-refractivity contribution in [2.45, 2.75) is 0 Å². The minimum atomic E-state index is -3.50. The van der Waals surface area contributed by atoms with Gasteiger partial charge in [0, 0.05) is 24.7 Å². The first-order chi connectivity index (χ1) is 7.33. The summed E-state index contributed by atoms with van der Waals surface area (Å²) in [5.74, 6) is -0.966. The molecule has 16 heavy (non-hydrogen) atoms. The van der Waals surface area contributed by atoms with Gasteiger partial charge in [-0.1, -0.05) is 11.6 Å². The molecule has 0 radical (unpaired) electrons. The quantitative estimate of drug-likeness (QED) is 0.770. The second kappa shape index (κ2) is 4.95. The van der Waals surface area contributed by atoms with Crippen LogP contribution in [0.5, 0.6) is 0 Å². The number of Topliss-reactive ketones (excluding diaryl/α,β-unsaturated/α-hetero) is 1. The first-order valence-corrected chi connectivity index (χ1v) is 6.50. The maximum absolute atomic E-state index is 11.6. The topological polar surface area (TPSA) is 54.5 Å². The van der Waals surface area contributed by atoms with E-state index in [1.165, 1.54) is 26.2 Å². The lowest BCUT2D eigenvalue weighted by molar-refractivity contribution is 0.102. The van der Waals surface area contributed by atoms with Gasteiger partial charge in [0.25, 0.3) is 0 Å². The van der Waals surface area contributed by atoms with E-state index in [2.05, 4.69) is 0 Å². The maximum atomic E-state index is 11.6. The normalized spacial score (nSPS) is 11.8. The van der Waals surface area contributed by atoms with E-state index in [4.69, 9.17) is 11.6 Å². The number of hydrogen-bond donors (Lipinski definition) is 0. The molecule has 1 rings (SSSR count). The fourth-order valence-corrected chi connectivity index (χ4v) is 1.90. The Balaban J connectivity index is 2.85. The van der Waals surface area contributed by atoms with Crippen LogP contribution in [-0.4, -0.2) is 38.4 Å². The molecule has 1 aromatic rings. The molecule has 0 aromatic heterocycles. The summed E-state index contributed by atoms with van der Waals surface area (Å²) in [6.07, 6.45) is 0. The average molecular weight is 262 g/mol. The lowest BCUT2D eigenvalue weighted by atomic mass is 10.1. The highest BCUT2D eigenvalue weighted by Crippen LogP contribution is 2.11. The number of carbonyl (C=O) groups excluding carboxylic acids is 1. The zero-order valence-corrected chi connectivity index (χ0v) is 10.5. The van der Waals surface area contributed by atoms with Crippen LogP contribution in [0.3, 0.4) is 0 Å². The molecule has 0 aliphatic carbocycles. The summed E-state index contributed by atoms with van der Waals surface area (Å²) >= 11 is 5.66. The van der Waals surface area contributed by atoms with Crippen molar-refractivity contribution in [1.29, 1.82) is 0 Å². The number of ketones is 1. The average Bonchev–Trinajstić information content (AvgIpc) is 2.17. The van der Waals surface area contributed by atoms with E-state index in [0.717, 1.165) is 4.31 Å². The van der Waals surface area contributed by atoms with E-state index >= 15 is 0 Å². The molecule has 6 heteroatoms. The van der Waals surface area contributed by atoms with Gasteiger partial charge in [-0.25, -0.2) is 12.7 Å². The third-order valence-corrected chi connectivity index (χ3v) is 4.03. The molecule has 0 aliphatic heterocycles. The molecule has 0 atom stereocenters. The highest BCUT2D eigenvalue weighted by atomic mass is 35.5. The fourth-order valence-electron chi connectivity index (χ4n) is 1.01. The van der Waals surface area contributed by atoms with Crippen molar-refractivity contribution < 1.29 is 13.2 Å². The molecule has 0 saturated carbocycles. The largest absolute Gasteiger partial charge is 0.293 e. The molecule has 0 heterocycles. The maximum Gasteiger partial charge on any atom is 0.221 e. The van der Waals surface area contributed by atoms with E-state index in [1.807, 2.05) is 0 Å². The van der Waals surface area contributed by atoms with Crippen LogP contribution in [0.15, 0.2) is 24.3 Å². The monoisotopic (exact) mass is 261 g/mol. The second-order valence-electron chi connectivity index (χ2n) is 3.47. The van der Waals surface area contributed by atoms with Crippen LogP contribution in [0.1, 0.15) is 10.4 Å². The number of rotatable bonds is 4. The molecule has 0 aliphatic rings. The summed E-state index contributed by atoms with van der Waals surface area (Å²) in [6, 6.07) is 6.12. The van der Waals surface area contributed by atoms with Crippen molar-refractivity contribution in [2.24, 2.45) is 0 Å². The summed E-state index contributed by atoms with van der Waals surface area (Å²) in [7, 11) is -0.718. The van der Waals surface area contributed by atoms with Crippen LogP contribution >= 0.6 is 11.6 Å². The molecule has 0 fully saturated rings. The van der Waals surface area contributed by atoms with Gasteiger partial charge in [0.1, 0.15) is 5.75 Å². The number of sulfonamides is 1. The van der Waals surface area contributed by atoms with Gasteiger partial charge in [0.05, 0.1) is 0 Å². The number of carbonyl (C=O) groups is 1. The van der Waals surface area contributed by atoms with Gasteiger partial charge in [0.15, 0.2) is 5.78 Å². The number of hydrogen-bond acceptors (Lipinski definition) is 3. The highest BCUT2D eigenvalue weighted by Gasteiger charge is 2.19. The molecule has 0 N–H and O–H groups in total. The summed E-state index contributed by atoms with van der Waals surface area (Å²) in [5.41, 5.74) is 0.342. The van der Waals surface area contributed by atoms with Crippen LogP contribution in [0.25, 0.3) is 0 Å². The Morgan fingerprint density at radius 1 is 1.25 bits per heavy atom. The third kappa shape index (κ3) is 3.30. The van der Waals surface area contributed by atoms with Gasteiger partial charge in [-0.3, -0.25) is 4.79 Å². The highest BCUT2D eigenvalue weighted by molar-refractivity contribution is 7.89. The standard InChI is InChI=1S/C10H12ClNO3S/c1-12(2)16(14,15)7-10(13)8-3-5-9(11)6-4-8/h3-6H,7H2,1-2H3. The molecular formula is C10H12ClNO3S. The molecule has 0 amide bonds. The van der Waals surface area contributed by atoms with Crippen molar-refractivity contribution in [3.8, 4) is 0 Å². The molecular weight excluding hydrogens is 250 g/mol. The summed E-state index contributed by atoms with van der Waals surface area (Å²) in [6.45, 7) is 0. The zero-order valence-electron chi connectivity index (χ0n) is 8.97. The Kier molecular flexibility index (Phi) is 4.07. The first-order valence-electron chi connectivity index (χ1n) is 4.52. The van der Waals surface area contributed by atoms with Crippen molar-refractivity contribution >= 4 is 27.4 Å². The number of benzene rings is 1. The van der Waals surface area contributed by atoms with Crippen molar-refractivity contribution in [3.05, 3.63) is 34.9 Å².